The summed E-state index contributed by atoms with van der Waals surface area (Å²) in [5.41, 5.74) is 0. The highest BCUT2D eigenvalue weighted by atomic mass is 14.9. The molecule has 1 rings (SSSR count). The Balaban J connectivity index is 2.12. The third kappa shape index (κ3) is 3.06. The molecule has 1 aliphatic carbocycles. The number of rotatable bonds is 4. The van der Waals surface area contributed by atoms with Crippen LogP contribution in [0, 0.1) is 0 Å². The lowest BCUT2D eigenvalue weighted by atomic mass is 10.2. The minimum atomic E-state index is 0.621. The van der Waals surface area contributed by atoms with Crippen molar-refractivity contribution in [2.75, 3.05) is 0 Å². The Kier molecular flexibility index (Phi) is 3.64. The molecule has 0 aromatic heterocycles. The molecular weight excluding hydrogens is 134 g/mol. The molecule has 0 aliphatic heterocycles. The van der Waals surface area contributed by atoms with Gasteiger partial charge in [-0.05, 0) is 26.2 Å². The van der Waals surface area contributed by atoms with Crippen LogP contribution >= 0.6 is 0 Å². The lowest BCUT2D eigenvalue weighted by Gasteiger charge is -2.17. The molecule has 0 heterocycles. The number of hydrogen-bond donors (Lipinski definition) is 1. The highest BCUT2D eigenvalue weighted by Gasteiger charge is 2.15. The Labute approximate surface area is 69.9 Å². The van der Waals surface area contributed by atoms with Crippen molar-refractivity contribution in [3.8, 4) is 0 Å². The van der Waals surface area contributed by atoms with Crippen LogP contribution in [-0.2, 0) is 0 Å². The van der Waals surface area contributed by atoms with Gasteiger partial charge in [0.2, 0.25) is 0 Å². The monoisotopic (exact) mass is 153 g/mol. The molecule has 0 spiro atoms. The molecule has 1 saturated carbocycles. The van der Waals surface area contributed by atoms with E-state index < -0.39 is 0 Å². The van der Waals surface area contributed by atoms with Crippen LogP contribution < -0.4 is 5.32 Å². The molecule has 64 valence electrons. The number of hydrogen-bond acceptors (Lipinski definition) is 1. The van der Waals surface area contributed by atoms with Crippen LogP contribution in [0.4, 0.5) is 0 Å². The average Bonchev–Trinajstić information content (AvgIpc) is 2.40. The second kappa shape index (κ2) is 4.55. The Morgan fingerprint density at radius 2 is 2.18 bits per heavy atom. The predicted octanol–water partition coefficient (Wildman–Crippen LogP) is 2.48. The first-order chi connectivity index (χ1) is 5.33. The smallest absolute Gasteiger partial charge is 0.00757 e. The maximum Gasteiger partial charge on any atom is 0.00757 e. The first kappa shape index (κ1) is 8.79. The zero-order valence-corrected chi connectivity index (χ0v) is 7.47. The minimum absolute atomic E-state index is 0.621. The fraction of sp³-hybridized carbons (Fsp3) is 0.800. The van der Waals surface area contributed by atoms with Crippen LogP contribution in [0.25, 0.3) is 0 Å². The molecule has 0 saturated heterocycles. The summed E-state index contributed by atoms with van der Waals surface area (Å²) in [6.45, 7) is 5.97. The molecule has 0 aromatic carbocycles. The van der Waals surface area contributed by atoms with E-state index in [1.54, 1.807) is 0 Å². The predicted molar refractivity (Wildman–Crippen MR) is 49.7 cm³/mol. The van der Waals surface area contributed by atoms with Crippen LogP contribution in [0.15, 0.2) is 12.7 Å². The Morgan fingerprint density at radius 3 is 2.73 bits per heavy atom. The van der Waals surface area contributed by atoms with Crippen molar-refractivity contribution in [1.82, 2.24) is 5.32 Å². The molecule has 1 atom stereocenters. The molecule has 1 N–H and O–H groups in total. The fourth-order valence-electron chi connectivity index (χ4n) is 1.81. The van der Waals surface area contributed by atoms with Gasteiger partial charge in [0.1, 0.15) is 0 Å². The van der Waals surface area contributed by atoms with E-state index in [0.29, 0.717) is 6.04 Å². The standard InChI is InChI=1S/C10H19N/c1-3-6-9(2)11-10-7-4-5-8-10/h3,9-11H,1,4-8H2,2H3. The Morgan fingerprint density at radius 1 is 1.55 bits per heavy atom. The summed E-state index contributed by atoms with van der Waals surface area (Å²) in [4.78, 5) is 0. The lowest BCUT2D eigenvalue weighted by molar-refractivity contribution is 0.452. The zero-order valence-electron chi connectivity index (χ0n) is 7.47. The van der Waals surface area contributed by atoms with Crippen molar-refractivity contribution < 1.29 is 0 Å². The van der Waals surface area contributed by atoms with E-state index in [4.69, 9.17) is 0 Å². The molecule has 1 aliphatic rings. The Hall–Kier alpha value is -0.300. The van der Waals surface area contributed by atoms with Gasteiger partial charge in [0.05, 0.1) is 0 Å². The van der Waals surface area contributed by atoms with Crippen molar-refractivity contribution in [2.45, 2.75) is 51.1 Å². The highest BCUT2D eigenvalue weighted by Crippen LogP contribution is 2.18. The van der Waals surface area contributed by atoms with Gasteiger partial charge in [0, 0.05) is 12.1 Å². The maximum atomic E-state index is 3.74. The fourth-order valence-corrected chi connectivity index (χ4v) is 1.81. The van der Waals surface area contributed by atoms with Gasteiger partial charge < -0.3 is 5.32 Å². The van der Waals surface area contributed by atoms with E-state index in [-0.39, 0.29) is 0 Å². The van der Waals surface area contributed by atoms with Crippen LogP contribution in [0.2, 0.25) is 0 Å². The molecule has 0 bridgehead atoms. The maximum absolute atomic E-state index is 3.74. The average molecular weight is 153 g/mol. The summed E-state index contributed by atoms with van der Waals surface area (Å²) in [6.07, 6.45) is 8.67. The molecule has 1 heteroatoms. The van der Waals surface area contributed by atoms with E-state index in [2.05, 4.69) is 18.8 Å². The van der Waals surface area contributed by atoms with E-state index in [0.717, 1.165) is 12.5 Å². The van der Waals surface area contributed by atoms with Gasteiger partial charge >= 0.3 is 0 Å². The second-order valence-corrected chi connectivity index (χ2v) is 3.57. The van der Waals surface area contributed by atoms with E-state index in [1.165, 1.54) is 25.7 Å². The topological polar surface area (TPSA) is 12.0 Å². The van der Waals surface area contributed by atoms with Crippen molar-refractivity contribution in [3.05, 3.63) is 12.7 Å². The van der Waals surface area contributed by atoms with Crippen molar-refractivity contribution >= 4 is 0 Å². The summed E-state index contributed by atoms with van der Waals surface area (Å²) in [7, 11) is 0. The van der Waals surface area contributed by atoms with E-state index in [9.17, 15) is 0 Å². The van der Waals surface area contributed by atoms with Gasteiger partial charge in [0.25, 0.3) is 0 Å². The summed E-state index contributed by atoms with van der Waals surface area (Å²) >= 11 is 0. The van der Waals surface area contributed by atoms with Crippen molar-refractivity contribution in [1.29, 1.82) is 0 Å². The molecule has 1 nitrogen and oxygen atoms in total. The Bertz CT molecular complexity index is 114. The molecule has 0 radical (unpaired) electrons. The molecular formula is C10H19N. The molecule has 11 heavy (non-hydrogen) atoms. The highest BCUT2D eigenvalue weighted by molar-refractivity contribution is 4.80. The molecule has 0 aromatic rings. The molecule has 1 unspecified atom stereocenters. The largest absolute Gasteiger partial charge is 0.311 e. The van der Waals surface area contributed by atoms with Gasteiger partial charge in [-0.25, -0.2) is 0 Å². The lowest BCUT2D eigenvalue weighted by Crippen LogP contribution is -2.34. The van der Waals surface area contributed by atoms with Crippen LogP contribution in [0.1, 0.15) is 39.0 Å². The summed E-state index contributed by atoms with van der Waals surface area (Å²) in [5, 5.41) is 3.61. The van der Waals surface area contributed by atoms with Gasteiger partial charge in [0.15, 0.2) is 0 Å². The first-order valence-electron chi connectivity index (χ1n) is 4.70. The molecule has 1 fully saturated rings. The van der Waals surface area contributed by atoms with Gasteiger partial charge in [-0.3, -0.25) is 0 Å². The first-order valence-corrected chi connectivity index (χ1v) is 4.70. The van der Waals surface area contributed by atoms with Crippen molar-refractivity contribution in [2.24, 2.45) is 0 Å². The van der Waals surface area contributed by atoms with Gasteiger partial charge in [-0.2, -0.15) is 0 Å². The van der Waals surface area contributed by atoms with Gasteiger partial charge in [-0.15, -0.1) is 6.58 Å². The molecule has 0 amide bonds. The zero-order chi connectivity index (χ0) is 8.10. The van der Waals surface area contributed by atoms with Crippen molar-refractivity contribution in [3.63, 3.8) is 0 Å². The third-order valence-corrected chi connectivity index (χ3v) is 2.40. The van der Waals surface area contributed by atoms with Gasteiger partial charge in [-0.1, -0.05) is 18.9 Å². The van der Waals surface area contributed by atoms with Crippen LogP contribution in [0.5, 0.6) is 0 Å². The summed E-state index contributed by atoms with van der Waals surface area (Å²) in [6, 6.07) is 1.42. The SMILES string of the molecule is C=CCC(C)NC1CCCC1. The number of nitrogens with one attached hydrogen (secondary N) is 1. The normalized spacial score (nSPS) is 21.9. The summed E-state index contributed by atoms with van der Waals surface area (Å²) < 4.78 is 0. The van der Waals surface area contributed by atoms with Crippen LogP contribution in [-0.4, -0.2) is 12.1 Å². The quantitative estimate of drug-likeness (QED) is 0.612. The minimum Gasteiger partial charge on any atom is -0.311 e. The van der Waals surface area contributed by atoms with Crippen LogP contribution in [0.3, 0.4) is 0 Å². The van der Waals surface area contributed by atoms with E-state index >= 15 is 0 Å². The second-order valence-electron chi connectivity index (χ2n) is 3.57. The third-order valence-electron chi connectivity index (χ3n) is 2.40. The summed E-state index contributed by atoms with van der Waals surface area (Å²) in [5.74, 6) is 0. The van der Waals surface area contributed by atoms with E-state index in [1.807, 2.05) is 6.08 Å².